The lowest BCUT2D eigenvalue weighted by atomic mass is 10.0. The average Bonchev–Trinajstić information content (AvgIpc) is 2.50. The molecule has 0 saturated heterocycles. The summed E-state index contributed by atoms with van der Waals surface area (Å²) >= 11 is 1.65. The molecule has 1 aromatic rings. The van der Waals surface area contributed by atoms with Crippen LogP contribution in [0, 0.1) is 0 Å². The molecule has 78 valence electrons. The van der Waals surface area contributed by atoms with Gasteiger partial charge in [0.25, 0.3) is 0 Å². The molecule has 0 bridgehead atoms. The molecule has 3 heteroatoms. The van der Waals surface area contributed by atoms with E-state index in [9.17, 15) is 9.90 Å². The van der Waals surface area contributed by atoms with Crippen molar-refractivity contribution in [2.75, 3.05) is 0 Å². The van der Waals surface area contributed by atoms with Gasteiger partial charge in [0.1, 0.15) is 5.60 Å². The van der Waals surface area contributed by atoms with Gasteiger partial charge in [-0.3, -0.25) is 4.79 Å². The topological polar surface area (TPSA) is 37.3 Å². The number of hydrogen-bond donors (Lipinski definition) is 1. The summed E-state index contributed by atoms with van der Waals surface area (Å²) in [7, 11) is 0. The Labute approximate surface area is 88.6 Å². The third kappa shape index (κ3) is 2.93. The first kappa shape index (κ1) is 11.4. The van der Waals surface area contributed by atoms with Crippen LogP contribution in [0.25, 0.3) is 0 Å². The molecule has 0 aromatic carbocycles. The Morgan fingerprint density at radius 3 is 2.43 bits per heavy atom. The lowest BCUT2D eigenvalue weighted by molar-refractivity contribution is -0.133. The molecule has 14 heavy (non-hydrogen) atoms. The minimum Gasteiger partial charge on any atom is -0.383 e. The highest BCUT2D eigenvalue weighted by Crippen LogP contribution is 2.19. The first-order chi connectivity index (χ1) is 6.43. The molecular formula is C11H16O2S. The molecule has 2 nitrogen and oxygen atoms in total. The summed E-state index contributed by atoms with van der Waals surface area (Å²) in [4.78, 5) is 13.8. The molecule has 0 aliphatic heterocycles. The maximum Gasteiger partial charge on any atom is 0.168 e. The molecule has 0 atom stereocenters. The van der Waals surface area contributed by atoms with E-state index in [4.69, 9.17) is 0 Å². The number of rotatable bonds is 4. The van der Waals surface area contributed by atoms with E-state index in [0.29, 0.717) is 6.42 Å². The minimum absolute atomic E-state index is 0.123. The number of hydrogen-bond acceptors (Lipinski definition) is 3. The summed E-state index contributed by atoms with van der Waals surface area (Å²) in [6.45, 7) is 5.15. The summed E-state index contributed by atoms with van der Waals surface area (Å²) in [5.74, 6) is -0.123. The molecule has 0 unspecified atom stereocenters. The highest BCUT2D eigenvalue weighted by Gasteiger charge is 2.23. The first-order valence-corrected chi connectivity index (χ1v) is 5.58. The normalized spacial score (nSPS) is 11.7. The molecule has 1 aromatic heterocycles. The lowest BCUT2D eigenvalue weighted by Gasteiger charge is -2.14. The highest BCUT2D eigenvalue weighted by molar-refractivity contribution is 7.12. The number of thiophene rings is 1. The van der Waals surface area contributed by atoms with Crippen molar-refractivity contribution in [3.8, 4) is 0 Å². The van der Waals surface area contributed by atoms with Crippen LogP contribution in [0.15, 0.2) is 12.1 Å². The molecule has 1 heterocycles. The van der Waals surface area contributed by atoms with Gasteiger partial charge in [-0.05, 0) is 32.4 Å². The maximum atomic E-state index is 11.5. The fourth-order valence-electron chi connectivity index (χ4n) is 1.08. The van der Waals surface area contributed by atoms with E-state index in [2.05, 4.69) is 6.92 Å². The molecule has 0 spiro atoms. The Kier molecular flexibility index (Phi) is 3.45. The van der Waals surface area contributed by atoms with Crippen molar-refractivity contribution in [1.29, 1.82) is 0 Å². The van der Waals surface area contributed by atoms with E-state index < -0.39 is 5.60 Å². The fraction of sp³-hybridized carbons (Fsp3) is 0.545. The largest absolute Gasteiger partial charge is 0.383 e. The second-order valence-electron chi connectivity index (χ2n) is 3.88. The van der Waals surface area contributed by atoms with Gasteiger partial charge in [-0.15, -0.1) is 11.3 Å². The predicted octanol–water partition coefficient (Wildman–Crippen LogP) is 2.19. The van der Waals surface area contributed by atoms with Crippen molar-refractivity contribution < 1.29 is 9.90 Å². The van der Waals surface area contributed by atoms with E-state index in [0.717, 1.165) is 11.3 Å². The number of carbonyl (C=O) groups excluding carboxylic acids is 1. The van der Waals surface area contributed by atoms with Gasteiger partial charge in [0.05, 0.1) is 0 Å². The standard InChI is InChI=1S/C11H16O2S/c1-4-8-5-6-9(14-8)7-10(12)11(2,3)13/h5-6,13H,4,7H2,1-3H3. The van der Waals surface area contributed by atoms with Gasteiger partial charge in [-0.2, -0.15) is 0 Å². The van der Waals surface area contributed by atoms with Crippen molar-refractivity contribution in [3.63, 3.8) is 0 Å². The lowest BCUT2D eigenvalue weighted by Crippen LogP contribution is -2.32. The number of aliphatic hydroxyl groups is 1. The second kappa shape index (κ2) is 4.24. The Hall–Kier alpha value is -0.670. The quantitative estimate of drug-likeness (QED) is 0.830. The maximum absolute atomic E-state index is 11.5. The molecule has 1 N–H and O–H groups in total. The van der Waals surface area contributed by atoms with Crippen molar-refractivity contribution in [1.82, 2.24) is 0 Å². The molecular weight excluding hydrogens is 196 g/mol. The third-order valence-electron chi connectivity index (χ3n) is 2.08. The van der Waals surface area contributed by atoms with Crippen LogP contribution in [0.1, 0.15) is 30.5 Å². The molecule has 0 aliphatic rings. The Morgan fingerprint density at radius 1 is 1.43 bits per heavy atom. The summed E-state index contributed by atoms with van der Waals surface area (Å²) < 4.78 is 0. The van der Waals surface area contributed by atoms with Crippen LogP contribution in [0.3, 0.4) is 0 Å². The van der Waals surface area contributed by atoms with E-state index in [1.54, 1.807) is 11.3 Å². The molecule has 0 aliphatic carbocycles. The van der Waals surface area contributed by atoms with Crippen LogP contribution in [-0.4, -0.2) is 16.5 Å². The van der Waals surface area contributed by atoms with Gasteiger partial charge in [0.15, 0.2) is 5.78 Å². The van der Waals surface area contributed by atoms with Crippen LogP contribution in [0.5, 0.6) is 0 Å². The summed E-state index contributed by atoms with van der Waals surface area (Å²) in [6.07, 6.45) is 1.34. The van der Waals surface area contributed by atoms with Gasteiger partial charge in [0, 0.05) is 16.2 Å². The van der Waals surface area contributed by atoms with Crippen LogP contribution in [0.4, 0.5) is 0 Å². The number of aryl methyl sites for hydroxylation is 1. The monoisotopic (exact) mass is 212 g/mol. The number of Topliss-reactive ketones (excluding diaryl/α,β-unsaturated/α-hetero) is 1. The number of ketones is 1. The van der Waals surface area contributed by atoms with Gasteiger partial charge in [-0.1, -0.05) is 6.92 Å². The highest BCUT2D eigenvalue weighted by atomic mass is 32.1. The summed E-state index contributed by atoms with van der Waals surface area (Å²) in [6, 6.07) is 4.00. The van der Waals surface area contributed by atoms with Crippen molar-refractivity contribution in [2.24, 2.45) is 0 Å². The fourth-order valence-corrected chi connectivity index (χ4v) is 2.04. The SMILES string of the molecule is CCc1ccc(CC(=O)C(C)(C)O)s1. The van der Waals surface area contributed by atoms with E-state index in [1.165, 1.54) is 18.7 Å². The molecule has 0 radical (unpaired) electrons. The zero-order valence-electron chi connectivity index (χ0n) is 8.83. The van der Waals surface area contributed by atoms with Gasteiger partial charge in [0.2, 0.25) is 0 Å². The van der Waals surface area contributed by atoms with E-state index in [-0.39, 0.29) is 5.78 Å². The summed E-state index contributed by atoms with van der Waals surface area (Å²) in [5.41, 5.74) is -1.21. The molecule has 0 saturated carbocycles. The Morgan fingerprint density at radius 2 is 2.00 bits per heavy atom. The summed E-state index contributed by atoms with van der Waals surface area (Å²) in [5, 5.41) is 9.47. The predicted molar refractivity (Wildman–Crippen MR) is 58.7 cm³/mol. The molecule has 0 fully saturated rings. The third-order valence-corrected chi connectivity index (χ3v) is 3.31. The van der Waals surface area contributed by atoms with Gasteiger partial charge >= 0.3 is 0 Å². The van der Waals surface area contributed by atoms with Gasteiger partial charge < -0.3 is 5.11 Å². The molecule has 0 amide bonds. The van der Waals surface area contributed by atoms with Crippen LogP contribution in [0.2, 0.25) is 0 Å². The van der Waals surface area contributed by atoms with Gasteiger partial charge in [-0.25, -0.2) is 0 Å². The Bertz CT molecular complexity index is 320. The van der Waals surface area contributed by atoms with E-state index >= 15 is 0 Å². The van der Waals surface area contributed by atoms with Crippen molar-refractivity contribution >= 4 is 17.1 Å². The molecule has 1 rings (SSSR count). The number of carbonyl (C=O) groups is 1. The van der Waals surface area contributed by atoms with Crippen molar-refractivity contribution in [2.45, 2.75) is 39.2 Å². The second-order valence-corrected chi connectivity index (χ2v) is 5.13. The van der Waals surface area contributed by atoms with Crippen LogP contribution in [-0.2, 0) is 17.6 Å². The first-order valence-electron chi connectivity index (χ1n) is 4.76. The van der Waals surface area contributed by atoms with Crippen LogP contribution >= 0.6 is 11.3 Å². The zero-order valence-corrected chi connectivity index (χ0v) is 9.65. The van der Waals surface area contributed by atoms with Crippen LogP contribution < -0.4 is 0 Å². The van der Waals surface area contributed by atoms with E-state index in [1.807, 2.05) is 12.1 Å². The van der Waals surface area contributed by atoms with Crippen molar-refractivity contribution in [3.05, 3.63) is 21.9 Å². The Balaban J connectivity index is 2.65. The zero-order chi connectivity index (χ0) is 10.8. The average molecular weight is 212 g/mol. The minimum atomic E-state index is -1.21. The smallest absolute Gasteiger partial charge is 0.168 e.